The largest absolute Gasteiger partial charge is 0.497 e. The van der Waals surface area contributed by atoms with E-state index in [1.807, 2.05) is 36.4 Å². The first-order valence-corrected chi connectivity index (χ1v) is 8.90. The van der Waals surface area contributed by atoms with Crippen LogP contribution in [-0.2, 0) is 6.54 Å². The van der Waals surface area contributed by atoms with Gasteiger partial charge in [-0.1, -0.05) is 38.1 Å². The summed E-state index contributed by atoms with van der Waals surface area (Å²) in [7, 11) is 1.65. The Morgan fingerprint density at radius 2 is 1.85 bits per heavy atom. The van der Waals surface area contributed by atoms with Crippen LogP contribution in [0, 0.1) is 0 Å². The van der Waals surface area contributed by atoms with E-state index in [-0.39, 0.29) is 0 Å². The van der Waals surface area contributed by atoms with Gasteiger partial charge in [-0.25, -0.2) is 4.98 Å². The minimum Gasteiger partial charge on any atom is -0.497 e. The summed E-state index contributed by atoms with van der Waals surface area (Å²) in [6.07, 6.45) is 1.71. The summed E-state index contributed by atoms with van der Waals surface area (Å²) in [6, 6.07) is 16.6. The summed E-state index contributed by atoms with van der Waals surface area (Å²) in [5.74, 6) is 1.49. The number of anilines is 2. The molecular weight excluding hydrogens is 326 g/mol. The van der Waals surface area contributed by atoms with Gasteiger partial charge in [0.15, 0.2) is 5.76 Å². The summed E-state index contributed by atoms with van der Waals surface area (Å²) in [6.45, 7) is 7.44. The van der Waals surface area contributed by atoms with Gasteiger partial charge in [0.05, 0.1) is 13.3 Å². The van der Waals surface area contributed by atoms with Crippen molar-refractivity contribution >= 4 is 11.7 Å². The summed E-state index contributed by atoms with van der Waals surface area (Å²) in [4.78, 5) is 6.70. The molecule has 1 aromatic heterocycles. The van der Waals surface area contributed by atoms with Crippen molar-refractivity contribution in [2.75, 3.05) is 25.5 Å². The van der Waals surface area contributed by atoms with Gasteiger partial charge in [0.2, 0.25) is 0 Å². The Hall–Kier alpha value is -2.79. The molecule has 26 heavy (non-hydrogen) atoms. The fourth-order valence-electron chi connectivity index (χ4n) is 2.76. The minimum absolute atomic E-state index is 0.472. The van der Waals surface area contributed by atoms with E-state index in [1.165, 1.54) is 5.56 Å². The highest BCUT2D eigenvalue weighted by atomic mass is 16.5. The lowest BCUT2D eigenvalue weighted by Crippen LogP contribution is -2.21. The third-order valence-electron chi connectivity index (χ3n) is 4.37. The number of nitrogens with one attached hydrogen (secondary N) is 1. The summed E-state index contributed by atoms with van der Waals surface area (Å²) >= 11 is 0. The van der Waals surface area contributed by atoms with Gasteiger partial charge in [-0.3, -0.25) is 4.90 Å². The zero-order valence-electron chi connectivity index (χ0n) is 15.5. The van der Waals surface area contributed by atoms with Crippen LogP contribution in [-0.4, -0.2) is 30.1 Å². The highest BCUT2D eigenvalue weighted by molar-refractivity contribution is 5.61. The number of methoxy groups -OCH3 is 1. The third-order valence-corrected chi connectivity index (χ3v) is 4.37. The molecule has 1 heterocycles. The lowest BCUT2D eigenvalue weighted by atomic mass is 10.2. The van der Waals surface area contributed by atoms with E-state index < -0.39 is 0 Å². The Balaban J connectivity index is 1.67. The molecule has 0 amide bonds. The van der Waals surface area contributed by atoms with E-state index in [1.54, 1.807) is 13.3 Å². The first-order chi connectivity index (χ1) is 12.7. The molecule has 0 atom stereocenters. The lowest BCUT2D eigenvalue weighted by molar-refractivity contribution is 0.296. The second-order valence-electron chi connectivity index (χ2n) is 6.04. The summed E-state index contributed by atoms with van der Waals surface area (Å²) < 4.78 is 11.1. The van der Waals surface area contributed by atoms with E-state index in [9.17, 15) is 0 Å². The van der Waals surface area contributed by atoms with Gasteiger partial charge in [0.25, 0.3) is 6.01 Å². The van der Waals surface area contributed by atoms with Crippen molar-refractivity contribution in [3.63, 3.8) is 0 Å². The standard InChI is InChI=1S/C21H25N3O2/c1-4-24(5-2)15-16-9-11-18(12-10-16)23-21-22-14-20(26-21)17-7-6-8-19(13-17)25-3/h6-14H,4-5,15H2,1-3H3,(H,22,23). The zero-order valence-corrected chi connectivity index (χ0v) is 15.5. The highest BCUT2D eigenvalue weighted by Crippen LogP contribution is 2.27. The molecule has 0 unspecified atom stereocenters. The van der Waals surface area contributed by atoms with Gasteiger partial charge in [0.1, 0.15) is 5.75 Å². The molecule has 136 valence electrons. The van der Waals surface area contributed by atoms with Gasteiger partial charge in [-0.15, -0.1) is 0 Å². The summed E-state index contributed by atoms with van der Waals surface area (Å²) in [5.41, 5.74) is 3.18. The smallest absolute Gasteiger partial charge is 0.299 e. The van der Waals surface area contributed by atoms with E-state index in [4.69, 9.17) is 9.15 Å². The van der Waals surface area contributed by atoms with Crippen LogP contribution in [0.4, 0.5) is 11.7 Å². The molecule has 5 heteroatoms. The Morgan fingerprint density at radius 3 is 2.54 bits per heavy atom. The normalized spacial score (nSPS) is 10.9. The fraction of sp³-hybridized carbons (Fsp3) is 0.286. The average Bonchev–Trinajstić information content (AvgIpc) is 3.16. The Kier molecular flexibility index (Phi) is 5.92. The molecule has 3 aromatic rings. The van der Waals surface area contributed by atoms with Crippen molar-refractivity contribution in [1.82, 2.24) is 9.88 Å². The second kappa shape index (κ2) is 8.54. The van der Waals surface area contributed by atoms with Gasteiger partial charge in [-0.05, 0) is 42.9 Å². The number of ether oxygens (including phenoxy) is 1. The van der Waals surface area contributed by atoms with Crippen molar-refractivity contribution in [2.24, 2.45) is 0 Å². The van der Waals surface area contributed by atoms with Crippen LogP contribution in [0.25, 0.3) is 11.3 Å². The molecule has 5 nitrogen and oxygen atoms in total. The van der Waals surface area contributed by atoms with Gasteiger partial charge in [-0.2, -0.15) is 0 Å². The van der Waals surface area contributed by atoms with Gasteiger partial charge < -0.3 is 14.5 Å². The van der Waals surface area contributed by atoms with Crippen molar-refractivity contribution in [2.45, 2.75) is 20.4 Å². The van der Waals surface area contributed by atoms with Crippen molar-refractivity contribution in [1.29, 1.82) is 0 Å². The van der Waals surface area contributed by atoms with Crippen molar-refractivity contribution in [3.05, 3.63) is 60.3 Å². The van der Waals surface area contributed by atoms with E-state index in [0.717, 1.165) is 36.6 Å². The molecule has 0 aliphatic carbocycles. The molecule has 0 saturated heterocycles. The monoisotopic (exact) mass is 351 g/mol. The molecular formula is C21H25N3O2. The Morgan fingerprint density at radius 1 is 1.08 bits per heavy atom. The van der Waals surface area contributed by atoms with Crippen LogP contribution in [0.2, 0.25) is 0 Å². The predicted molar refractivity (Wildman–Crippen MR) is 105 cm³/mol. The quantitative estimate of drug-likeness (QED) is 0.623. The molecule has 0 saturated carbocycles. The van der Waals surface area contributed by atoms with Crippen LogP contribution >= 0.6 is 0 Å². The van der Waals surface area contributed by atoms with Crippen LogP contribution in [0.15, 0.2) is 59.1 Å². The fourth-order valence-corrected chi connectivity index (χ4v) is 2.76. The minimum atomic E-state index is 0.472. The average molecular weight is 351 g/mol. The maximum absolute atomic E-state index is 5.82. The van der Waals surface area contributed by atoms with Gasteiger partial charge in [0, 0.05) is 17.8 Å². The maximum Gasteiger partial charge on any atom is 0.299 e. The first kappa shape index (κ1) is 18.0. The first-order valence-electron chi connectivity index (χ1n) is 8.90. The molecule has 0 bridgehead atoms. The predicted octanol–water partition coefficient (Wildman–Crippen LogP) is 4.94. The number of oxazole rings is 1. The van der Waals surface area contributed by atoms with Crippen LogP contribution < -0.4 is 10.1 Å². The van der Waals surface area contributed by atoms with E-state index >= 15 is 0 Å². The van der Waals surface area contributed by atoms with Crippen LogP contribution in [0.5, 0.6) is 5.75 Å². The molecule has 2 aromatic carbocycles. The third kappa shape index (κ3) is 4.43. The SMILES string of the molecule is CCN(CC)Cc1ccc(Nc2ncc(-c3cccc(OC)c3)o2)cc1. The molecule has 0 aliphatic heterocycles. The number of aromatic nitrogens is 1. The number of hydrogen-bond acceptors (Lipinski definition) is 5. The molecule has 0 fully saturated rings. The van der Waals surface area contributed by atoms with E-state index in [2.05, 4.69) is 41.2 Å². The topological polar surface area (TPSA) is 50.5 Å². The number of nitrogens with zero attached hydrogens (tertiary/aromatic N) is 2. The van der Waals surface area contributed by atoms with Crippen LogP contribution in [0.3, 0.4) is 0 Å². The van der Waals surface area contributed by atoms with Crippen molar-refractivity contribution in [3.8, 4) is 17.1 Å². The van der Waals surface area contributed by atoms with Gasteiger partial charge >= 0.3 is 0 Å². The maximum atomic E-state index is 5.82. The number of rotatable bonds is 8. The lowest BCUT2D eigenvalue weighted by Gasteiger charge is -2.18. The highest BCUT2D eigenvalue weighted by Gasteiger charge is 2.08. The van der Waals surface area contributed by atoms with Crippen LogP contribution in [0.1, 0.15) is 19.4 Å². The molecule has 3 rings (SSSR count). The summed E-state index contributed by atoms with van der Waals surface area (Å²) in [5, 5.41) is 3.21. The number of hydrogen-bond donors (Lipinski definition) is 1. The molecule has 0 radical (unpaired) electrons. The molecule has 0 spiro atoms. The molecule has 0 aliphatic rings. The zero-order chi connectivity index (χ0) is 18.4. The van der Waals surface area contributed by atoms with E-state index in [0.29, 0.717) is 11.8 Å². The Labute approximate surface area is 154 Å². The molecule has 1 N–H and O–H groups in total. The Bertz CT molecular complexity index is 823. The second-order valence-corrected chi connectivity index (χ2v) is 6.04. The van der Waals surface area contributed by atoms with Crippen molar-refractivity contribution < 1.29 is 9.15 Å². The number of benzene rings is 2.